The maximum atomic E-state index is 13.4. The lowest BCUT2D eigenvalue weighted by molar-refractivity contribution is -0.127. The minimum absolute atomic E-state index is 0.00988. The molecule has 1 aliphatic carbocycles. The van der Waals surface area contributed by atoms with Crippen LogP contribution in [-0.4, -0.2) is 49.7 Å². The van der Waals surface area contributed by atoms with Crippen LogP contribution in [0.3, 0.4) is 0 Å². The highest BCUT2D eigenvalue weighted by atomic mass is 32.2. The fraction of sp³-hybridized carbons (Fsp3) is 0.667. The van der Waals surface area contributed by atoms with E-state index in [2.05, 4.69) is 12.2 Å². The Balaban J connectivity index is 1.45. The van der Waals surface area contributed by atoms with Gasteiger partial charge in [0.2, 0.25) is 21.8 Å². The van der Waals surface area contributed by atoms with Gasteiger partial charge in [0.05, 0.1) is 10.8 Å². The molecule has 4 rings (SSSR count). The molecule has 0 unspecified atom stereocenters. The van der Waals surface area contributed by atoms with Crippen LogP contribution in [0, 0.1) is 11.8 Å². The van der Waals surface area contributed by atoms with Crippen molar-refractivity contribution in [2.24, 2.45) is 11.8 Å². The van der Waals surface area contributed by atoms with Crippen molar-refractivity contribution in [3.8, 4) is 0 Å². The highest BCUT2D eigenvalue weighted by Crippen LogP contribution is 2.35. The van der Waals surface area contributed by atoms with Gasteiger partial charge in [0.25, 0.3) is 0 Å². The number of nitrogens with zero attached hydrogens (tertiary/aromatic N) is 2. The molecule has 0 aromatic heterocycles. The Morgan fingerprint density at radius 1 is 1.06 bits per heavy atom. The standard InChI is InChI=1S/C24H35N3O4S/c1-16-6-8-21(9-7-16)25-24(29)19-5-4-12-26(15-19)32(30,31)22-10-11-23-20(14-22)13-17(2)27(23)18(3)28/h10-11,14,16-17,19,21H,4-9,12-13,15H2,1-3H3,(H,25,29)/t16?,17-,19+,21?/m1/s1. The Hall–Kier alpha value is -1.93. The molecule has 2 amide bonds. The molecule has 0 bridgehead atoms. The third kappa shape index (κ3) is 4.57. The first-order chi connectivity index (χ1) is 15.2. The number of anilines is 1. The van der Waals surface area contributed by atoms with Crippen LogP contribution in [0.15, 0.2) is 23.1 Å². The predicted octanol–water partition coefficient (Wildman–Crippen LogP) is 3.08. The maximum absolute atomic E-state index is 13.4. The summed E-state index contributed by atoms with van der Waals surface area (Å²) in [6.07, 6.45) is 6.32. The molecule has 2 aliphatic heterocycles. The van der Waals surface area contributed by atoms with Gasteiger partial charge >= 0.3 is 0 Å². The maximum Gasteiger partial charge on any atom is 0.243 e. The van der Waals surface area contributed by atoms with Crippen molar-refractivity contribution in [3.05, 3.63) is 23.8 Å². The molecule has 1 N–H and O–H groups in total. The quantitative estimate of drug-likeness (QED) is 0.747. The van der Waals surface area contributed by atoms with E-state index < -0.39 is 10.0 Å². The zero-order valence-corrected chi connectivity index (χ0v) is 20.2. The molecule has 7 nitrogen and oxygen atoms in total. The highest BCUT2D eigenvalue weighted by Gasteiger charge is 2.36. The summed E-state index contributed by atoms with van der Waals surface area (Å²) in [4.78, 5) is 26.8. The van der Waals surface area contributed by atoms with E-state index >= 15 is 0 Å². The van der Waals surface area contributed by atoms with Crippen molar-refractivity contribution in [2.75, 3.05) is 18.0 Å². The number of nitrogens with one attached hydrogen (secondary N) is 1. The third-order valence-electron chi connectivity index (χ3n) is 7.36. The third-order valence-corrected chi connectivity index (χ3v) is 9.22. The van der Waals surface area contributed by atoms with Gasteiger partial charge in [-0.2, -0.15) is 4.31 Å². The Morgan fingerprint density at radius 2 is 1.78 bits per heavy atom. The van der Waals surface area contributed by atoms with Crippen LogP contribution >= 0.6 is 0 Å². The number of carbonyl (C=O) groups excluding carboxylic acids is 2. The average molecular weight is 462 g/mol. The molecule has 32 heavy (non-hydrogen) atoms. The van der Waals surface area contributed by atoms with Crippen LogP contribution in [0.2, 0.25) is 0 Å². The first-order valence-electron chi connectivity index (χ1n) is 11.9. The zero-order valence-electron chi connectivity index (χ0n) is 19.3. The Kier molecular flexibility index (Phi) is 6.63. The molecule has 1 aromatic rings. The van der Waals surface area contributed by atoms with Gasteiger partial charge in [-0.05, 0) is 81.5 Å². The number of carbonyl (C=O) groups is 2. The van der Waals surface area contributed by atoms with E-state index in [1.807, 2.05) is 6.92 Å². The second-order valence-electron chi connectivity index (χ2n) is 9.90. The number of sulfonamides is 1. The number of piperidine rings is 1. The molecule has 2 fully saturated rings. The van der Waals surface area contributed by atoms with Crippen LogP contribution in [0.5, 0.6) is 0 Å². The van der Waals surface area contributed by atoms with Gasteiger partial charge in [-0.1, -0.05) is 6.92 Å². The topological polar surface area (TPSA) is 86.8 Å². The molecule has 1 saturated heterocycles. The summed E-state index contributed by atoms with van der Waals surface area (Å²) in [5.74, 6) is 0.366. The molecule has 0 radical (unpaired) electrons. The van der Waals surface area contributed by atoms with Gasteiger partial charge in [0, 0.05) is 37.8 Å². The Morgan fingerprint density at radius 3 is 2.47 bits per heavy atom. The van der Waals surface area contributed by atoms with E-state index in [1.54, 1.807) is 23.1 Å². The summed E-state index contributed by atoms with van der Waals surface area (Å²) in [6.45, 7) is 6.41. The second kappa shape index (κ2) is 9.14. The van der Waals surface area contributed by atoms with Gasteiger partial charge in [-0.15, -0.1) is 0 Å². The number of hydrogen-bond donors (Lipinski definition) is 1. The summed E-state index contributed by atoms with van der Waals surface area (Å²) < 4.78 is 28.2. The molecule has 1 saturated carbocycles. The first-order valence-corrected chi connectivity index (χ1v) is 13.3. The molecule has 0 spiro atoms. The first kappa shape index (κ1) is 23.2. The summed E-state index contributed by atoms with van der Waals surface area (Å²) in [5.41, 5.74) is 1.67. The van der Waals surface area contributed by atoms with Crippen molar-refractivity contribution in [1.29, 1.82) is 0 Å². The van der Waals surface area contributed by atoms with Crippen LogP contribution in [-0.2, 0) is 26.0 Å². The zero-order chi connectivity index (χ0) is 23.0. The van der Waals surface area contributed by atoms with Crippen LogP contribution in [0.4, 0.5) is 5.69 Å². The number of benzene rings is 1. The van der Waals surface area contributed by atoms with E-state index in [0.717, 1.165) is 49.3 Å². The van der Waals surface area contributed by atoms with Crippen molar-refractivity contribution in [2.45, 2.75) is 82.7 Å². The van der Waals surface area contributed by atoms with Gasteiger partial charge < -0.3 is 10.2 Å². The molecule has 1 aromatic carbocycles. The molecular formula is C24H35N3O4S. The van der Waals surface area contributed by atoms with E-state index in [1.165, 1.54) is 11.2 Å². The lowest BCUT2D eigenvalue weighted by Crippen LogP contribution is -2.48. The summed E-state index contributed by atoms with van der Waals surface area (Å²) in [7, 11) is -3.70. The van der Waals surface area contributed by atoms with Gasteiger partial charge in [0.15, 0.2) is 0 Å². The predicted molar refractivity (Wildman–Crippen MR) is 124 cm³/mol. The van der Waals surface area contributed by atoms with Crippen molar-refractivity contribution < 1.29 is 18.0 Å². The van der Waals surface area contributed by atoms with Gasteiger partial charge in [0.1, 0.15) is 0 Å². The lowest BCUT2D eigenvalue weighted by Gasteiger charge is -2.33. The van der Waals surface area contributed by atoms with E-state index in [-0.39, 0.29) is 41.3 Å². The van der Waals surface area contributed by atoms with Gasteiger partial charge in [-0.3, -0.25) is 9.59 Å². The SMILES string of the molecule is CC(=O)N1c2ccc(S(=O)(=O)N3CCC[C@H](C(=O)NC4CCC(C)CC4)C3)cc2C[C@H]1C. The molecule has 2 heterocycles. The Labute approximate surface area is 191 Å². The fourth-order valence-corrected chi connectivity index (χ4v) is 7.07. The monoisotopic (exact) mass is 461 g/mol. The lowest BCUT2D eigenvalue weighted by atomic mass is 9.87. The molecular weight excluding hydrogens is 426 g/mol. The molecule has 2 atom stereocenters. The summed E-state index contributed by atoms with van der Waals surface area (Å²) in [6, 6.07) is 5.28. The minimum Gasteiger partial charge on any atom is -0.353 e. The van der Waals surface area contributed by atoms with Crippen molar-refractivity contribution in [1.82, 2.24) is 9.62 Å². The smallest absolute Gasteiger partial charge is 0.243 e. The number of fused-ring (bicyclic) bond motifs is 1. The highest BCUT2D eigenvalue weighted by molar-refractivity contribution is 7.89. The number of rotatable bonds is 4. The molecule has 3 aliphatic rings. The Bertz CT molecular complexity index is 985. The van der Waals surface area contributed by atoms with Gasteiger partial charge in [-0.25, -0.2) is 8.42 Å². The number of hydrogen-bond acceptors (Lipinski definition) is 4. The molecule has 176 valence electrons. The molecule has 8 heteroatoms. The van der Waals surface area contributed by atoms with Crippen LogP contribution in [0.1, 0.15) is 64.9 Å². The summed E-state index contributed by atoms with van der Waals surface area (Å²) in [5, 5.41) is 3.18. The van der Waals surface area contributed by atoms with Crippen molar-refractivity contribution in [3.63, 3.8) is 0 Å². The second-order valence-corrected chi connectivity index (χ2v) is 11.8. The van der Waals surface area contributed by atoms with Crippen LogP contribution < -0.4 is 10.2 Å². The minimum atomic E-state index is -3.70. The normalized spacial score (nSPS) is 28.9. The van der Waals surface area contributed by atoms with Crippen LogP contribution in [0.25, 0.3) is 0 Å². The largest absolute Gasteiger partial charge is 0.353 e. The van der Waals surface area contributed by atoms with E-state index in [4.69, 9.17) is 0 Å². The van der Waals surface area contributed by atoms with E-state index in [0.29, 0.717) is 19.4 Å². The van der Waals surface area contributed by atoms with E-state index in [9.17, 15) is 18.0 Å². The summed E-state index contributed by atoms with van der Waals surface area (Å²) >= 11 is 0. The van der Waals surface area contributed by atoms with Crippen molar-refractivity contribution >= 4 is 27.5 Å². The fourth-order valence-electron chi connectivity index (χ4n) is 5.50. The number of amides is 2. The average Bonchev–Trinajstić information content (AvgIpc) is 3.10.